The molecule has 1 N–H and O–H groups in total. The van der Waals surface area contributed by atoms with Gasteiger partial charge in [0.25, 0.3) is 0 Å². The van der Waals surface area contributed by atoms with Crippen molar-refractivity contribution >= 4 is 5.69 Å². The number of alkyl halides is 3. The molecule has 0 aliphatic carbocycles. The molecule has 0 radical (unpaired) electrons. The second-order valence-corrected chi connectivity index (χ2v) is 3.29. The van der Waals surface area contributed by atoms with Crippen molar-refractivity contribution in [1.82, 2.24) is 0 Å². The zero-order valence-electron chi connectivity index (χ0n) is 8.07. The second-order valence-electron chi connectivity index (χ2n) is 3.29. The molecule has 0 amide bonds. The predicted molar refractivity (Wildman–Crippen MR) is 50.5 cm³/mol. The maximum Gasteiger partial charge on any atom is 0.405 e. The number of nitrogens with one attached hydrogen (secondary N) is 1. The molecule has 14 heavy (non-hydrogen) atoms. The van der Waals surface area contributed by atoms with Gasteiger partial charge in [-0.1, -0.05) is 17.7 Å². The van der Waals surface area contributed by atoms with Crippen LogP contribution in [0.25, 0.3) is 0 Å². The number of halogens is 3. The molecule has 0 aliphatic rings. The largest absolute Gasteiger partial charge is 0.405 e. The van der Waals surface area contributed by atoms with Crippen LogP contribution in [0.3, 0.4) is 0 Å². The minimum Gasteiger partial charge on any atom is -0.376 e. The fourth-order valence-corrected chi connectivity index (χ4v) is 1.21. The van der Waals surface area contributed by atoms with E-state index in [9.17, 15) is 13.2 Å². The lowest BCUT2D eigenvalue weighted by atomic mass is 10.1. The summed E-state index contributed by atoms with van der Waals surface area (Å²) in [4.78, 5) is 0. The van der Waals surface area contributed by atoms with Crippen LogP contribution in [0.4, 0.5) is 18.9 Å². The van der Waals surface area contributed by atoms with Crippen LogP contribution >= 0.6 is 0 Å². The number of aryl methyl sites for hydroxylation is 2. The van der Waals surface area contributed by atoms with Gasteiger partial charge in [-0.05, 0) is 25.5 Å². The lowest BCUT2D eigenvalue weighted by Gasteiger charge is -2.12. The van der Waals surface area contributed by atoms with Crippen molar-refractivity contribution in [3.05, 3.63) is 29.3 Å². The van der Waals surface area contributed by atoms with Gasteiger partial charge in [-0.25, -0.2) is 0 Å². The third kappa shape index (κ3) is 3.28. The highest BCUT2D eigenvalue weighted by atomic mass is 19.4. The fourth-order valence-electron chi connectivity index (χ4n) is 1.21. The first kappa shape index (κ1) is 10.9. The molecule has 0 fully saturated rings. The quantitative estimate of drug-likeness (QED) is 0.777. The Morgan fingerprint density at radius 3 is 2.36 bits per heavy atom. The lowest BCUT2D eigenvalue weighted by molar-refractivity contribution is -0.115. The van der Waals surface area contributed by atoms with Crippen LogP contribution in [0.1, 0.15) is 11.1 Å². The summed E-state index contributed by atoms with van der Waals surface area (Å²) in [6.45, 7) is 2.70. The van der Waals surface area contributed by atoms with Gasteiger partial charge in [0.15, 0.2) is 0 Å². The minimum absolute atomic E-state index is 0.535. The Morgan fingerprint density at radius 2 is 1.86 bits per heavy atom. The normalized spacial score (nSPS) is 11.5. The van der Waals surface area contributed by atoms with Gasteiger partial charge in [-0.15, -0.1) is 0 Å². The van der Waals surface area contributed by atoms with Crippen LogP contribution in [0.15, 0.2) is 18.2 Å². The lowest BCUT2D eigenvalue weighted by Crippen LogP contribution is -2.21. The van der Waals surface area contributed by atoms with E-state index in [0.717, 1.165) is 11.1 Å². The summed E-state index contributed by atoms with van der Waals surface area (Å²) in [5, 5.41) is 2.36. The number of rotatable bonds is 2. The molecule has 1 nitrogen and oxygen atoms in total. The summed E-state index contributed by atoms with van der Waals surface area (Å²) in [5.74, 6) is 0. The molecule has 0 heterocycles. The average Bonchev–Trinajstić information content (AvgIpc) is 2.00. The van der Waals surface area contributed by atoms with E-state index in [0.29, 0.717) is 5.69 Å². The third-order valence-electron chi connectivity index (χ3n) is 1.86. The molecular formula is C10H12F3N. The van der Waals surface area contributed by atoms with Gasteiger partial charge in [-0.2, -0.15) is 13.2 Å². The first-order chi connectivity index (χ1) is 6.38. The predicted octanol–water partition coefficient (Wildman–Crippen LogP) is 3.28. The van der Waals surface area contributed by atoms with Crippen LogP contribution < -0.4 is 5.32 Å². The number of hydrogen-bond donors (Lipinski definition) is 1. The van der Waals surface area contributed by atoms with Crippen molar-refractivity contribution in [2.45, 2.75) is 20.0 Å². The highest BCUT2D eigenvalue weighted by Gasteiger charge is 2.26. The Kier molecular flexibility index (Phi) is 3.03. The second kappa shape index (κ2) is 3.90. The molecule has 0 atom stereocenters. The van der Waals surface area contributed by atoms with Crippen molar-refractivity contribution in [1.29, 1.82) is 0 Å². The Bertz CT molecular complexity index is 318. The summed E-state index contributed by atoms with van der Waals surface area (Å²) < 4.78 is 35.7. The van der Waals surface area contributed by atoms with Gasteiger partial charge in [0.05, 0.1) is 0 Å². The molecule has 0 bridgehead atoms. The van der Waals surface area contributed by atoms with Gasteiger partial charge in [0.1, 0.15) is 6.54 Å². The van der Waals surface area contributed by atoms with E-state index in [-0.39, 0.29) is 0 Å². The van der Waals surface area contributed by atoms with Crippen molar-refractivity contribution in [2.24, 2.45) is 0 Å². The molecule has 0 spiro atoms. The number of hydrogen-bond acceptors (Lipinski definition) is 1. The number of anilines is 1. The van der Waals surface area contributed by atoms with Crippen molar-refractivity contribution in [2.75, 3.05) is 11.9 Å². The van der Waals surface area contributed by atoms with Crippen LogP contribution in [0.2, 0.25) is 0 Å². The maximum atomic E-state index is 11.9. The van der Waals surface area contributed by atoms with Crippen LogP contribution in [-0.4, -0.2) is 12.7 Å². The van der Waals surface area contributed by atoms with Crippen molar-refractivity contribution < 1.29 is 13.2 Å². The van der Waals surface area contributed by atoms with E-state index in [1.807, 2.05) is 13.0 Å². The summed E-state index contributed by atoms with van der Waals surface area (Å²) in [6, 6.07) is 5.29. The molecule has 0 saturated carbocycles. The topological polar surface area (TPSA) is 12.0 Å². The van der Waals surface area contributed by atoms with Crippen LogP contribution in [-0.2, 0) is 0 Å². The van der Waals surface area contributed by atoms with Gasteiger partial charge in [0, 0.05) is 5.69 Å². The van der Waals surface area contributed by atoms with Crippen LogP contribution in [0.5, 0.6) is 0 Å². The first-order valence-corrected chi connectivity index (χ1v) is 4.26. The van der Waals surface area contributed by atoms with E-state index in [2.05, 4.69) is 5.32 Å². The summed E-state index contributed by atoms with van der Waals surface area (Å²) in [7, 11) is 0. The SMILES string of the molecule is Cc1ccc(NCC(F)(F)F)c(C)c1. The van der Waals surface area contributed by atoms with E-state index in [1.165, 1.54) is 0 Å². The molecule has 4 heteroatoms. The highest BCUT2D eigenvalue weighted by Crippen LogP contribution is 2.19. The van der Waals surface area contributed by atoms with Crippen LogP contribution in [0, 0.1) is 13.8 Å². The van der Waals surface area contributed by atoms with Crippen molar-refractivity contribution in [3.63, 3.8) is 0 Å². The molecule has 0 aromatic heterocycles. The van der Waals surface area contributed by atoms with E-state index < -0.39 is 12.7 Å². The molecule has 0 saturated heterocycles. The molecule has 0 unspecified atom stereocenters. The molecule has 1 aromatic rings. The Labute approximate surface area is 80.9 Å². The smallest absolute Gasteiger partial charge is 0.376 e. The summed E-state index contributed by atoms with van der Waals surface area (Å²) in [6.07, 6.45) is -4.17. The average molecular weight is 203 g/mol. The van der Waals surface area contributed by atoms with E-state index in [4.69, 9.17) is 0 Å². The fraction of sp³-hybridized carbons (Fsp3) is 0.400. The molecule has 0 aliphatic heterocycles. The molecular weight excluding hydrogens is 191 g/mol. The highest BCUT2D eigenvalue weighted by molar-refractivity contribution is 5.51. The van der Waals surface area contributed by atoms with Gasteiger partial charge < -0.3 is 5.32 Å². The molecule has 78 valence electrons. The van der Waals surface area contributed by atoms with Gasteiger partial charge in [0.2, 0.25) is 0 Å². The Balaban J connectivity index is 2.68. The molecule has 1 rings (SSSR count). The van der Waals surface area contributed by atoms with Gasteiger partial charge in [-0.3, -0.25) is 0 Å². The zero-order valence-corrected chi connectivity index (χ0v) is 8.07. The van der Waals surface area contributed by atoms with E-state index in [1.54, 1.807) is 19.1 Å². The number of benzene rings is 1. The third-order valence-corrected chi connectivity index (χ3v) is 1.86. The minimum atomic E-state index is -4.17. The summed E-state index contributed by atoms with van der Waals surface area (Å²) in [5.41, 5.74) is 2.40. The standard InChI is InChI=1S/C10H12F3N/c1-7-3-4-9(8(2)5-7)14-6-10(11,12)13/h3-5,14H,6H2,1-2H3. The Hall–Kier alpha value is -1.19. The van der Waals surface area contributed by atoms with Crippen molar-refractivity contribution in [3.8, 4) is 0 Å². The Morgan fingerprint density at radius 1 is 1.21 bits per heavy atom. The maximum absolute atomic E-state index is 11.9. The monoisotopic (exact) mass is 203 g/mol. The molecule has 1 aromatic carbocycles. The first-order valence-electron chi connectivity index (χ1n) is 4.26. The van der Waals surface area contributed by atoms with Gasteiger partial charge >= 0.3 is 6.18 Å². The summed E-state index contributed by atoms with van der Waals surface area (Å²) >= 11 is 0. The van der Waals surface area contributed by atoms with E-state index >= 15 is 0 Å². The zero-order chi connectivity index (χ0) is 10.8.